The van der Waals surface area contributed by atoms with Crippen molar-refractivity contribution in [2.45, 2.75) is 31.5 Å². The van der Waals surface area contributed by atoms with E-state index in [1.165, 1.54) is 12.2 Å². The van der Waals surface area contributed by atoms with E-state index in [2.05, 4.69) is 0 Å². The van der Waals surface area contributed by atoms with Crippen molar-refractivity contribution in [3.63, 3.8) is 0 Å². The van der Waals surface area contributed by atoms with E-state index in [0.29, 0.717) is 19.3 Å². The highest BCUT2D eigenvalue weighted by molar-refractivity contribution is 5.81. The third-order valence-electron chi connectivity index (χ3n) is 3.36. The van der Waals surface area contributed by atoms with Gasteiger partial charge in [0.25, 0.3) is 0 Å². The quantitative estimate of drug-likeness (QED) is 0.606. The molecule has 0 aromatic heterocycles. The first kappa shape index (κ1) is 13.7. The second-order valence-electron chi connectivity index (χ2n) is 4.77. The Bertz CT molecular complexity index is 462. The van der Waals surface area contributed by atoms with Crippen LogP contribution in [-0.2, 0) is 25.7 Å². The number of ether oxygens (including phenoxy) is 1. The minimum Gasteiger partial charge on any atom is -0.468 e. The molecule has 0 amide bonds. The number of benzene rings is 1. The Morgan fingerprint density at radius 2 is 2.21 bits per heavy atom. The summed E-state index contributed by atoms with van der Waals surface area (Å²) in [6.07, 6.45) is 0.412. The number of methoxy groups -OCH3 is 1. The molecular weight excluding hydrogens is 246 g/mol. The van der Waals surface area contributed by atoms with Crippen molar-refractivity contribution in [1.29, 1.82) is 0 Å². The minimum atomic E-state index is -0.934. The smallest absolute Gasteiger partial charge is 0.328 e. The van der Waals surface area contributed by atoms with Crippen LogP contribution in [0.1, 0.15) is 18.9 Å². The van der Waals surface area contributed by atoms with Gasteiger partial charge in [-0.3, -0.25) is 4.84 Å². The summed E-state index contributed by atoms with van der Waals surface area (Å²) in [4.78, 5) is 28.4. The molecule has 19 heavy (non-hydrogen) atoms. The van der Waals surface area contributed by atoms with Crippen molar-refractivity contribution in [3.8, 4) is 0 Å². The second-order valence-corrected chi connectivity index (χ2v) is 4.77. The Hall–Kier alpha value is -1.72. The lowest BCUT2D eigenvalue weighted by Gasteiger charge is -2.29. The van der Waals surface area contributed by atoms with Gasteiger partial charge in [-0.15, -0.1) is 0 Å². The standard InChI is InChI=1S/C14H17NO4/c1-14(13(17)18-2)8-12(10-16)19-15(14)9-11-6-4-3-5-7-11/h3-7,10,12H,8-9H2,1-2H3/t12-,14-/m1/s1. The molecule has 0 radical (unpaired) electrons. The molecule has 1 aliphatic heterocycles. The van der Waals surface area contributed by atoms with Crippen LogP contribution < -0.4 is 0 Å². The average Bonchev–Trinajstić information content (AvgIpc) is 2.77. The lowest BCUT2D eigenvalue weighted by molar-refractivity contribution is -0.202. The Morgan fingerprint density at radius 3 is 2.79 bits per heavy atom. The maximum atomic E-state index is 11.9. The number of hydrogen-bond acceptors (Lipinski definition) is 5. The van der Waals surface area contributed by atoms with Crippen LogP contribution in [-0.4, -0.2) is 36.1 Å². The van der Waals surface area contributed by atoms with E-state index >= 15 is 0 Å². The molecule has 102 valence electrons. The largest absolute Gasteiger partial charge is 0.468 e. The Kier molecular flexibility index (Phi) is 3.97. The van der Waals surface area contributed by atoms with E-state index in [1.54, 1.807) is 6.92 Å². The summed E-state index contributed by atoms with van der Waals surface area (Å²) >= 11 is 0. The van der Waals surface area contributed by atoms with Crippen molar-refractivity contribution in [2.24, 2.45) is 0 Å². The topological polar surface area (TPSA) is 55.8 Å². The predicted octanol–water partition coefficient (Wildman–Crippen LogP) is 1.32. The summed E-state index contributed by atoms with van der Waals surface area (Å²) in [5.41, 5.74) is 0.0695. The number of aldehydes is 1. The number of hydroxylamine groups is 2. The van der Waals surface area contributed by atoms with Crippen LogP contribution in [0.3, 0.4) is 0 Å². The third kappa shape index (κ3) is 2.67. The number of carbonyl (C=O) groups is 2. The first-order valence-corrected chi connectivity index (χ1v) is 6.12. The molecule has 5 heteroatoms. The molecule has 2 rings (SSSR count). The zero-order valence-electron chi connectivity index (χ0n) is 11.0. The Morgan fingerprint density at radius 1 is 1.53 bits per heavy atom. The number of hydrogen-bond donors (Lipinski definition) is 0. The van der Waals surface area contributed by atoms with Crippen LogP contribution in [0.5, 0.6) is 0 Å². The maximum absolute atomic E-state index is 11.9. The molecule has 1 aromatic carbocycles. The van der Waals surface area contributed by atoms with E-state index in [1.807, 2.05) is 30.3 Å². The number of esters is 1. The maximum Gasteiger partial charge on any atom is 0.328 e. The molecule has 1 aromatic rings. The van der Waals surface area contributed by atoms with Crippen molar-refractivity contribution in [2.75, 3.05) is 7.11 Å². The molecule has 1 saturated heterocycles. The van der Waals surface area contributed by atoms with E-state index in [4.69, 9.17) is 9.57 Å². The van der Waals surface area contributed by atoms with E-state index in [9.17, 15) is 9.59 Å². The van der Waals surface area contributed by atoms with Crippen LogP contribution >= 0.6 is 0 Å². The lowest BCUT2D eigenvalue weighted by atomic mass is 9.95. The van der Waals surface area contributed by atoms with Gasteiger partial charge in [-0.05, 0) is 12.5 Å². The van der Waals surface area contributed by atoms with Crippen LogP contribution in [0.4, 0.5) is 0 Å². The number of rotatable bonds is 4. The Balaban J connectivity index is 2.21. The molecule has 1 aliphatic rings. The van der Waals surface area contributed by atoms with Gasteiger partial charge in [0.05, 0.1) is 13.7 Å². The van der Waals surface area contributed by atoms with Crippen molar-refractivity contribution in [1.82, 2.24) is 5.06 Å². The molecular formula is C14H17NO4. The molecule has 5 nitrogen and oxygen atoms in total. The fourth-order valence-corrected chi connectivity index (χ4v) is 2.25. The minimum absolute atomic E-state index is 0.302. The highest BCUT2D eigenvalue weighted by Gasteiger charge is 2.50. The molecule has 0 spiro atoms. The molecule has 0 N–H and O–H groups in total. The van der Waals surface area contributed by atoms with Gasteiger partial charge >= 0.3 is 5.97 Å². The van der Waals surface area contributed by atoms with Crippen molar-refractivity contribution < 1.29 is 19.2 Å². The fraction of sp³-hybridized carbons (Fsp3) is 0.429. The van der Waals surface area contributed by atoms with Gasteiger partial charge in [0, 0.05) is 6.42 Å². The molecule has 0 unspecified atom stereocenters. The van der Waals surface area contributed by atoms with Gasteiger partial charge < -0.3 is 9.53 Å². The van der Waals surface area contributed by atoms with Crippen LogP contribution in [0.15, 0.2) is 30.3 Å². The van der Waals surface area contributed by atoms with Gasteiger partial charge in [-0.25, -0.2) is 4.79 Å². The second kappa shape index (κ2) is 5.50. The van der Waals surface area contributed by atoms with E-state index < -0.39 is 17.6 Å². The summed E-state index contributed by atoms with van der Waals surface area (Å²) in [6, 6.07) is 9.63. The first-order chi connectivity index (χ1) is 9.10. The number of nitrogens with zero attached hydrogens (tertiary/aromatic N) is 1. The SMILES string of the molecule is COC(=O)[C@@]1(C)C[C@H](C=O)ON1Cc1ccccc1. The van der Waals surface area contributed by atoms with Gasteiger partial charge in [0.15, 0.2) is 6.29 Å². The summed E-state index contributed by atoms with van der Waals surface area (Å²) in [6.45, 7) is 2.15. The highest BCUT2D eigenvalue weighted by Crippen LogP contribution is 2.33. The summed E-state index contributed by atoms with van der Waals surface area (Å²) < 4.78 is 4.82. The molecule has 0 aliphatic carbocycles. The van der Waals surface area contributed by atoms with E-state index in [0.717, 1.165) is 5.56 Å². The van der Waals surface area contributed by atoms with Gasteiger partial charge in [0.1, 0.15) is 11.6 Å². The third-order valence-corrected chi connectivity index (χ3v) is 3.36. The normalized spacial score (nSPS) is 27.2. The monoisotopic (exact) mass is 263 g/mol. The van der Waals surface area contributed by atoms with Gasteiger partial charge in [0.2, 0.25) is 0 Å². The molecule has 0 saturated carbocycles. The Labute approximate surface area is 112 Å². The average molecular weight is 263 g/mol. The summed E-state index contributed by atoms with van der Waals surface area (Å²) in [5.74, 6) is -0.396. The summed E-state index contributed by atoms with van der Waals surface area (Å²) in [5, 5.41) is 1.53. The van der Waals surface area contributed by atoms with Gasteiger partial charge in [-0.1, -0.05) is 30.3 Å². The van der Waals surface area contributed by atoms with Crippen molar-refractivity contribution >= 4 is 12.3 Å². The number of carbonyl (C=O) groups excluding carboxylic acids is 2. The zero-order valence-corrected chi connectivity index (χ0v) is 11.0. The molecule has 2 atom stereocenters. The summed E-state index contributed by atoms with van der Waals surface area (Å²) in [7, 11) is 1.34. The van der Waals surface area contributed by atoms with E-state index in [-0.39, 0.29) is 0 Å². The van der Waals surface area contributed by atoms with Crippen molar-refractivity contribution in [3.05, 3.63) is 35.9 Å². The zero-order chi connectivity index (χ0) is 13.9. The van der Waals surface area contributed by atoms with Crippen LogP contribution in [0.2, 0.25) is 0 Å². The van der Waals surface area contributed by atoms with Crippen LogP contribution in [0, 0.1) is 0 Å². The lowest BCUT2D eigenvalue weighted by Crippen LogP contribution is -2.47. The molecule has 1 heterocycles. The van der Waals surface area contributed by atoms with Crippen LogP contribution in [0.25, 0.3) is 0 Å². The fourth-order valence-electron chi connectivity index (χ4n) is 2.25. The van der Waals surface area contributed by atoms with Gasteiger partial charge in [-0.2, -0.15) is 5.06 Å². The first-order valence-electron chi connectivity index (χ1n) is 6.12. The highest BCUT2D eigenvalue weighted by atomic mass is 16.7. The predicted molar refractivity (Wildman–Crippen MR) is 68.0 cm³/mol. The molecule has 1 fully saturated rings. The molecule has 0 bridgehead atoms.